The molecule has 0 aliphatic carbocycles. The van der Waals surface area contributed by atoms with Crippen molar-refractivity contribution in [2.24, 2.45) is 0 Å². The Morgan fingerprint density at radius 2 is 1.82 bits per heavy atom. The summed E-state index contributed by atoms with van der Waals surface area (Å²) in [7, 11) is 0. The number of hydrogen-bond acceptors (Lipinski definition) is 3. The fourth-order valence-corrected chi connectivity index (χ4v) is 2.48. The lowest BCUT2D eigenvalue weighted by Crippen LogP contribution is -1.89. The van der Waals surface area contributed by atoms with Gasteiger partial charge < -0.3 is 8.83 Å². The molecule has 3 aromatic rings. The molecule has 0 bridgehead atoms. The molecule has 1 aromatic carbocycles. The summed E-state index contributed by atoms with van der Waals surface area (Å²) >= 11 is 11.9. The predicted octanol–water partition coefficient (Wildman–Crippen LogP) is 5.74. The van der Waals surface area contributed by atoms with E-state index in [9.17, 15) is 4.79 Å². The van der Waals surface area contributed by atoms with Gasteiger partial charge in [0.25, 0.3) is 0 Å². The molecule has 0 aliphatic rings. The van der Waals surface area contributed by atoms with E-state index in [4.69, 9.17) is 32.0 Å². The second kappa shape index (κ2) is 6.26. The van der Waals surface area contributed by atoms with E-state index in [1.54, 1.807) is 48.5 Å². The maximum Gasteiger partial charge on any atom is 0.221 e. The van der Waals surface area contributed by atoms with Crippen LogP contribution in [0.3, 0.4) is 0 Å². The van der Waals surface area contributed by atoms with E-state index in [1.807, 2.05) is 0 Å². The Kier molecular flexibility index (Phi) is 4.18. The van der Waals surface area contributed by atoms with E-state index in [-0.39, 0.29) is 11.5 Å². The molecule has 0 radical (unpaired) electrons. The van der Waals surface area contributed by atoms with Gasteiger partial charge in [0.15, 0.2) is 5.76 Å². The Morgan fingerprint density at radius 1 is 1.05 bits per heavy atom. The van der Waals surface area contributed by atoms with Gasteiger partial charge in [-0.2, -0.15) is 0 Å². The van der Waals surface area contributed by atoms with Crippen molar-refractivity contribution in [3.63, 3.8) is 0 Å². The van der Waals surface area contributed by atoms with Gasteiger partial charge in [0, 0.05) is 15.6 Å². The largest absolute Gasteiger partial charge is 0.461 e. The minimum atomic E-state index is -0.228. The fraction of sp³-hybridized carbons (Fsp3) is 0. The van der Waals surface area contributed by atoms with Crippen LogP contribution in [-0.4, -0.2) is 5.78 Å². The summed E-state index contributed by atoms with van der Waals surface area (Å²) in [6.45, 7) is 0. The highest BCUT2D eigenvalue weighted by Crippen LogP contribution is 2.28. The number of ketones is 1. The van der Waals surface area contributed by atoms with Crippen molar-refractivity contribution in [1.82, 2.24) is 0 Å². The van der Waals surface area contributed by atoms with Gasteiger partial charge in [0.1, 0.15) is 11.5 Å². The molecule has 0 saturated carbocycles. The second-order valence-electron chi connectivity index (χ2n) is 4.54. The lowest BCUT2D eigenvalue weighted by Gasteiger charge is -1.99. The number of allylic oxidation sites excluding steroid dienone is 1. The van der Waals surface area contributed by atoms with Gasteiger partial charge in [-0.3, -0.25) is 4.79 Å². The monoisotopic (exact) mass is 332 g/mol. The molecule has 3 rings (SSSR count). The average molecular weight is 333 g/mol. The van der Waals surface area contributed by atoms with Crippen molar-refractivity contribution in [2.45, 2.75) is 0 Å². The Labute approximate surface area is 136 Å². The average Bonchev–Trinajstić information content (AvgIpc) is 3.15. The standard InChI is InChI=1S/C17H10Cl2O3/c18-12-8-11(9-13(19)10-12)16-6-4-14(22-16)3-5-15(20)17-2-1-7-21-17/h1-10H. The summed E-state index contributed by atoms with van der Waals surface area (Å²) in [5, 5.41) is 1.06. The minimum absolute atomic E-state index is 0.228. The second-order valence-corrected chi connectivity index (χ2v) is 5.41. The highest BCUT2D eigenvalue weighted by atomic mass is 35.5. The molecule has 0 N–H and O–H groups in total. The molecule has 2 heterocycles. The molecule has 3 nitrogen and oxygen atoms in total. The first kappa shape index (κ1) is 14.7. The molecule has 0 atom stereocenters. The van der Waals surface area contributed by atoms with E-state index in [1.165, 1.54) is 12.3 Å². The van der Waals surface area contributed by atoms with Gasteiger partial charge in [-0.25, -0.2) is 0 Å². The summed E-state index contributed by atoms with van der Waals surface area (Å²) < 4.78 is 10.7. The molecular weight excluding hydrogens is 323 g/mol. The van der Waals surface area contributed by atoms with Crippen molar-refractivity contribution in [3.8, 4) is 11.3 Å². The third kappa shape index (κ3) is 3.32. The third-order valence-electron chi connectivity index (χ3n) is 2.94. The highest BCUT2D eigenvalue weighted by Gasteiger charge is 2.07. The van der Waals surface area contributed by atoms with Gasteiger partial charge in [0.05, 0.1) is 6.26 Å². The quantitative estimate of drug-likeness (QED) is 0.451. The summed E-state index contributed by atoms with van der Waals surface area (Å²) in [5.74, 6) is 1.22. The Balaban J connectivity index is 1.80. The molecule has 0 aliphatic heterocycles. The maximum atomic E-state index is 11.8. The number of hydrogen-bond donors (Lipinski definition) is 0. The van der Waals surface area contributed by atoms with Crippen LogP contribution in [0.1, 0.15) is 16.3 Å². The molecule has 22 heavy (non-hydrogen) atoms. The SMILES string of the molecule is O=C(C=Cc1ccc(-c2cc(Cl)cc(Cl)c2)o1)c1ccco1. The van der Waals surface area contributed by atoms with Crippen molar-refractivity contribution in [2.75, 3.05) is 0 Å². The number of rotatable bonds is 4. The molecule has 0 amide bonds. The van der Waals surface area contributed by atoms with Crippen molar-refractivity contribution < 1.29 is 13.6 Å². The predicted molar refractivity (Wildman–Crippen MR) is 86.2 cm³/mol. The fourth-order valence-electron chi connectivity index (χ4n) is 1.95. The zero-order valence-electron chi connectivity index (χ0n) is 11.3. The van der Waals surface area contributed by atoms with Gasteiger partial charge >= 0.3 is 0 Å². The van der Waals surface area contributed by atoms with Crippen LogP contribution in [0, 0.1) is 0 Å². The number of benzene rings is 1. The van der Waals surface area contributed by atoms with Gasteiger partial charge in [-0.1, -0.05) is 23.2 Å². The summed E-state index contributed by atoms with van der Waals surface area (Å²) in [4.78, 5) is 11.8. The van der Waals surface area contributed by atoms with Crippen molar-refractivity contribution in [3.05, 3.63) is 76.4 Å². The van der Waals surface area contributed by atoms with Crippen molar-refractivity contribution in [1.29, 1.82) is 0 Å². The summed E-state index contributed by atoms with van der Waals surface area (Å²) in [5.41, 5.74) is 0.773. The van der Waals surface area contributed by atoms with Gasteiger partial charge in [-0.05, 0) is 54.6 Å². The van der Waals surface area contributed by atoms with Gasteiger partial charge in [0.2, 0.25) is 5.78 Å². The first-order valence-electron chi connectivity index (χ1n) is 6.44. The number of carbonyl (C=O) groups excluding carboxylic acids is 1. The zero-order valence-corrected chi connectivity index (χ0v) is 12.8. The van der Waals surface area contributed by atoms with Gasteiger partial charge in [-0.15, -0.1) is 0 Å². The zero-order chi connectivity index (χ0) is 15.5. The summed E-state index contributed by atoms with van der Waals surface area (Å²) in [6.07, 6.45) is 4.43. The number of carbonyl (C=O) groups is 1. The smallest absolute Gasteiger partial charge is 0.221 e. The molecular formula is C17H10Cl2O3. The van der Waals surface area contributed by atoms with E-state index >= 15 is 0 Å². The number of furan rings is 2. The summed E-state index contributed by atoms with van der Waals surface area (Å²) in [6, 6.07) is 12.0. The van der Waals surface area contributed by atoms with E-state index in [0.717, 1.165) is 5.56 Å². The molecule has 2 aromatic heterocycles. The van der Waals surface area contributed by atoms with Crippen LogP contribution in [-0.2, 0) is 0 Å². The van der Waals surface area contributed by atoms with E-state index < -0.39 is 0 Å². The molecule has 0 spiro atoms. The first-order chi connectivity index (χ1) is 10.6. The third-order valence-corrected chi connectivity index (χ3v) is 3.37. The molecule has 0 unspecified atom stereocenters. The normalized spacial score (nSPS) is 11.2. The highest BCUT2D eigenvalue weighted by molar-refractivity contribution is 6.35. The van der Waals surface area contributed by atoms with Crippen LogP contribution >= 0.6 is 23.2 Å². The molecule has 0 fully saturated rings. The van der Waals surface area contributed by atoms with Crippen LogP contribution in [0.2, 0.25) is 10.0 Å². The van der Waals surface area contributed by atoms with Crippen LogP contribution < -0.4 is 0 Å². The van der Waals surface area contributed by atoms with Crippen molar-refractivity contribution >= 4 is 35.1 Å². The van der Waals surface area contributed by atoms with E-state index in [0.29, 0.717) is 21.6 Å². The maximum absolute atomic E-state index is 11.8. The number of halogens is 2. The Hall–Kier alpha value is -2.23. The van der Waals surface area contributed by atoms with Crippen LogP contribution in [0.5, 0.6) is 0 Å². The van der Waals surface area contributed by atoms with E-state index in [2.05, 4.69) is 0 Å². The first-order valence-corrected chi connectivity index (χ1v) is 7.19. The van der Waals surface area contributed by atoms with Crippen LogP contribution in [0.4, 0.5) is 0 Å². The molecule has 110 valence electrons. The Bertz CT molecular complexity index is 809. The molecule has 5 heteroatoms. The topological polar surface area (TPSA) is 43.4 Å². The lowest BCUT2D eigenvalue weighted by atomic mass is 10.2. The molecule has 0 saturated heterocycles. The van der Waals surface area contributed by atoms with Crippen LogP contribution in [0.25, 0.3) is 17.4 Å². The van der Waals surface area contributed by atoms with Crippen LogP contribution in [0.15, 0.2) is 63.6 Å². The lowest BCUT2D eigenvalue weighted by molar-refractivity contribution is 0.102. The Morgan fingerprint density at radius 3 is 2.50 bits per heavy atom. The minimum Gasteiger partial charge on any atom is -0.461 e.